The summed E-state index contributed by atoms with van der Waals surface area (Å²) < 4.78 is 45.0. The Labute approximate surface area is 192 Å². The molecule has 0 aliphatic heterocycles. The number of ether oxygens (including phenoxy) is 1. The molecule has 0 radical (unpaired) electrons. The number of hydrogen-bond donors (Lipinski definition) is 2. The normalized spacial score (nSPS) is 12.2. The maximum atomic E-state index is 14.7. The molecule has 3 aromatic rings. The predicted molar refractivity (Wildman–Crippen MR) is 125 cm³/mol. The number of amides is 1. The van der Waals surface area contributed by atoms with Crippen LogP contribution in [0.3, 0.4) is 0 Å². The van der Waals surface area contributed by atoms with Crippen molar-refractivity contribution in [3.05, 3.63) is 47.5 Å². The van der Waals surface area contributed by atoms with Gasteiger partial charge in [0.2, 0.25) is 21.8 Å². The molecule has 1 unspecified atom stereocenters. The molecule has 3 rings (SSSR count). The highest BCUT2D eigenvalue weighted by Gasteiger charge is 2.23. The fourth-order valence-corrected chi connectivity index (χ4v) is 4.50. The SMILES string of the molecule is CCOc1cncc(-c2ccc(NC(=O)C(CC)c3csc(NS(C)(=O)=O)n3)c(F)c2)n1.[HH].[HH]. The number of aromatic nitrogens is 3. The topological polar surface area (TPSA) is 123 Å². The van der Waals surface area contributed by atoms with Crippen LogP contribution in [-0.4, -0.2) is 42.1 Å². The number of halogens is 1. The second-order valence-electron chi connectivity index (χ2n) is 6.77. The van der Waals surface area contributed by atoms with E-state index in [2.05, 4.69) is 25.0 Å². The van der Waals surface area contributed by atoms with Crippen molar-refractivity contribution in [3.63, 3.8) is 0 Å². The molecule has 0 fully saturated rings. The summed E-state index contributed by atoms with van der Waals surface area (Å²) >= 11 is 1.07. The van der Waals surface area contributed by atoms with Crippen molar-refractivity contribution >= 4 is 38.1 Å². The van der Waals surface area contributed by atoms with E-state index in [9.17, 15) is 17.6 Å². The third-order valence-electron chi connectivity index (χ3n) is 4.30. The minimum Gasteiger partial charge on any atom is -0.477 e. The second-order valence-corrected chi connectivity index (χ2v) is 9.38. The molecule has 0 aliphatic rings. The monoisotopic (exact) mass is 483 g/mol. The van der Waals surface area contributed by atoms with E-state index in [1.807, 2.05) is 6.92 Å². The zero-order valence-corrected chi connectivity index (χ0v) is 19.3. The standard InChI is InChI=1S/C20H22FN5O4S2.2H2/c1-4-13(17-11-31-20(25-17)26-32(3,28)29)19(27)24-15-7-6-12(8-14(15)21)16-9-22-10-18(23-16)30-5-2;;/h6-11,13H,4-5H2,1-3H3,(H,24,27)(H,25,26);2*1H. The van der Waals surface area contributed by atoms with Crippen molar-refractivity contribution in [1.29, 1.82) is 0 Å². The van der Waals surface area contributed by atoms with E-state index in [1.165, 1.54) is 24.5 Å². The predicted octanol–water partition coefficient (Wildman–Crippen LogP) is 4.13. The van der Waals surface area contributed by atoms with Gasteiger partial charge in [-0.15, -0.1) is 11.3 Å². The lowest BCUT2D eigenvalue weighted by Gasteiger charge is -2.14. The molecule has 9 nitrogen and oxygen atoms in total. The Morgan fingerprint density at radius 2 is 2.06 bits per heavy atom. The lowest BCUT2D eigenvalue weighted by molar-refractivity contribution is -0.117. The van der Waals surface area contributed by atoms with Gasteiger partial charge < -0.3 is 10.1 Å². The van der Waals surface area contributed by atoms with Gasteiger partial charge in [-0.05, 0) is 25.5 Å². The summed E-state index contributed by atoms with van der Waals surface area (Å²) in [5.41, 5.74) is 1.34. The summed E-state index contributed by atoms with van der Waals surface area (Å²) in [7, 11) is -3.47. The van der Waals surface area contributed by atoms with Crippen molar-refractivity contribution in [2.75, 3.05) is 22.9 Å². The fraction of sp³-hybridized carbons (Fsp3) is 0.300. The van der Waals surface area contributed by atoms with Crippen LogP contribution in [0.4, 0.5) is 15.2 Å². The molecule has 174 valence electrons. The Kier molecular flexibility index (Phi) is 7.36. The van der Waals surface area contributed by atoms with Crippen LogP contribution in [0.5, 0.6) is 5.88 Å². The van der Waals surface area contributed by atoms with Crippen LogP contribution in [0.25, 0.3) is 11.3 Å². The number of rotatable bonds is 9. The third-order valence-corrected chi connectivity index (χ3v) is 5.77. The van der Waals surface area contributed by atoms with Crippen LogP contribution >= 0.6 is 11.3 Å². The van der Waals surface area contributed by atoms with Crippen LogP contribution < -0.4 is 14.8 Å². The molecule has 1 aromatic carbocycles. The van der Waals surface area contributed by atoms with Gasteiger partial charge in [-0.2, -0.15) is 0 Å². The van der Waals surface area contributed by atoms with Crippen LogP contribution in [0.1, 0.15) is 34.7 Å². The van der Waals surface area contributed by atoms with Crippen molar-refractivity contribution in [1.82, 2.24) is 15.0 Å². The third kappa shape index (κ3) is 5.98. The molecule has 0 saturated carbocycles. The maximum absolute atomic E-state index is 14.7. The second kappa shape index (κ2) is 10.0. The molecule has 2 N–H and O–H groups in total. The Hall–Kier alpha value is -3.12. The fourth-order valence-electron chi connectivity index (χ4n) is 2.88. The summed E-state index contributed by atoms with van der Waals surface area (Å²) in [6.45, 7) is 4.04. The smallest absolute Gasteiger partial charge is 0.233 e. The first-order chi connectivity index (χ1) is 15.2. The summed E-state index contributed by atoms with van der Waals surface area (Å²) in [4.78, 5) is 25.3. The number of nitrogens with zero attached hydrogens (tertiary/aromatic N) is 3. The molecule has 1 atom stereocenters. The maximum Gasteiger partial charge on any atom is 0.233 e. The van der Waals surface area contributed by atoms with Gasteiger partial charge in [-0.3, -0.25) is 14.5 Å². The summed E-state index contributed by atoms with van der Waals surface area (Å²) in [6, 6.07) is 4.33. The van der Waals surface area contributed by atoms with Gasteiger partial charge in [-0.1, -0.05) is 13.0 Å². The summed E-state index contributed by atoms with van der Waals surface area (Å²) in [5.74, 6) is -1.42. The number of benzene rings is 1. The largest absolute Gasteiger partial charge is 0.477 e. The molecule has 12 heteroatoms. The van der Waals surface area contributed by atoms with E-state index >= 15 is 0 Å². The van der Waals surface area contributed by atoms with Crippen molar-refractivity contribution in [2.45, 2.75) is 26.2 Å². The van der Waals surface area contributed by atoms with E-state index in [1.54, 1.807) is 18.4 Å². The molecule has 2 heterocycles. The molecular formula is C20H26FN5O4S2. The lowest BCUT2D eigenvalue weighted by atomic mass is 10.0. The average Bonchev–Trinajstić information content (AvgIpc) is 3.16. The highest BCUT2D eigenvalue weighted by molar-refractivity contribution is 7.92. The number of anilines is 2. The quantitative estimate of drug-likeness (QED) is 0.469. The Balaban J connectivity index is 0.00000289. The van der Waals surface area contributed by atoms with Gasteiger partial charge in [-0.25, -0.2) is 22.8 Å². The van der Waals surface area contributed by atoms with Crippen LogP contribution in [0, 0.1) is 5.82 Å². The molecule has 0 spiro atoms. The van der Waals surface area contributed by atoms with E-state index in [4.69, 9.17) is 4.74 Å². The number of carbonyl (C=O) groups excluding carboxylic acids is 1. The minimum absolute atomic E-state index is 0. The molecular weight excluding hydrogens is 457 g/mol. The van der Waals surface area contributed by atoms with Gasteiger partial charge in [0.15, 0.2) is 5.13 Å². The first-order valence-corrected chi connectivity index (χ1v) is 12.5. The van der Waals surface area contributed by atoms with Gasteiger partial charge >= 0.3 is 0 Å². The molecule has 0 saturated heterocycles. The zero-order chi connectivity index (χ0) is 23.3. The Bertz CT molecular complexity index is 1230. The summed E-state index contributed by atoms with van der Waals surface area (Å²) in [5, 5.41) is 4.35. The van der Waals surface area contributed by atoms with Gasteiger partial charge in [0.05, 0.1) is 48.2 Å². The van der Waals surface area contributed by atoms with E-state index < -0.39 is 27.7 Å². The number of hydrogen-bond acceptors (Lipinski definition) is 8. The zero-order valence-electron chi connectivity index (χ0n) is 17.6. The van der Waals surface area contributed by atoms with Crippen molar-refractivity contribution < 1.29 is 25.2 Å². The summed E-state index contributed by atoms with van der Waals surface area (Å²) in [6.07, 6.45) is 4.38. The Morgan fingerprint density at radius 1 is 1.28 bits per heavy atom. The highest BCUT2D eigenvalue weighted by Crippen LogP contribution is 2.28. The van der Waals surface area contributed by atoms with Gasteiger partial charge in [0.25, 0.3) is 0 Å². The molecule has 0 aliphatic carbocycles. The van der Waals surface area contributed by atoms with E-state index in [-0.39, 0.29) is 13.7 Å². The molecule has 0 bridgehead atoms. The average molecular weight is 484 g/mol. The molecule has 1 amide bonds. The highest BCUT2D eigenvalue weighted by atomic mass is 32.2. The number of nitrogens with one attached hydrogen (secondary N) is 2. The van der Waals surface area contributed by atoms with Crippen LogP contribution in [-0.2, 0) is 14.8 Å². The van der Waals surface area contributed by atoms with E-state index in [0.29, 0.717) is 35.9 Å². The van der Waals surface area contributed by atoms with E-state index in [0.717, 1.165) is 17.6 Å². The molecule has 2 aromatic heterocycles. The van der Waals surface area contributed by atoms with Crippen molar-refractivity contribution in [2.24, 2.45) is 0 Å². The van der Waals surface area contributed by atoms with Crippen molar-refractivity contribution in [3.8, 4) is 17.1 Å². The van der Waals surface area contributed by atoms with Crippen LogP contribution in [0.2, 0.25) is 0 Å². The first kappa shape index (κ1) is 23.5. The number of thiazole rings is 1. The van der Waals surface area contributed by atoms with Crippen LogP contribution in [0.15, 0.2) is 36.0 Å². The van der Waals surface area contributed by atoms with Gasteiger partial charge in [0, 0.05) is 13.8 Å². The van der Waals surface area contributed by atoms with Gasteiger partial charge in [0.1, 0.15) is 5.82 Å². The lowest BCUT2D eigenvalue weighted by Crippen LogP contribution is -2.21. The minimum atomic E-state index is -3.47. The molecule has 32 heavy (non-hydrogen) atoms. The Morgan fingerprint density at radius 3 is 2.72 bits per heavy atom. The number of sulfonamides is 1. The number of carbonyl (C=O) groups is 1. The first-order valence-electron chi connectivity index (χ1n) is 9.69.